The molecule has 4 heteroatoms. The zero-order chi connectivity index (χ0) is 16.2. The quantitative estimate of drug-likeness (QED) is 0.787. The third-order valence-corrected chi connectivity index (χ3v) is 3.82. The monoisotopic (exact) mass is 310 g/mol. The highest BCUT2D eigenvalue weighted by Crippen LogP contribution is 2.19. The first-order valence-electron chi connectivity index (χ1n) is 7.49. The fourth-order valence-electron chi connectivity index (χ4n) is 2.59. The van der Waals surface area contributed by atoms with E-state index in [0.29, 0.717) is 28.9 Å². The van der Waals surface area contributed by atoms with Crippen LogP contribution in [-0.2, 0) is 19.4 Å². The van der Waals surface area contributed by atoms with Crippen molar-refractivity contribution in [3.63, 3.8) is 0 Å². The van der Waals surface area contributed by atoms with E-state index in [4.69, 9.17) is 9.15 Å². The minimum absolute atomic E-state index is 0.0285. The van der Waals surface area contributed by atoms with E-state index >= 15 is 0 Å². The van der Waals surface area contributed by atoms with Crippen LogP contribution >= 0.6 is 0 Å². The first-order valence-corrected chi connectivity index (χ1v) is 7.49. The van der Waals surface area contributed by atoms with Crippen molar-refractivity contribution < 1.29 is 14.3 Å². The number of ether oxygens (including phenoxy) is 1. The summed E-state index contributed by atoms with van der Waals surface area (Å²) < 4.78 is 10.9. The Balaban J connectivity index is 1.84. The highest BCUT2D eigenvalue weighted by atomic mass is 16.5. The number of aliphatic hydroxyl groups is 1. The van der Waals surface area contributed by atoms with Crippen LogP contribution in [0.2, 0.25) is 0 Å². The fourth-order valence-corrected chi connectivity index (χ4v) is 2.59. The van der Waals surface area contributed by atoms with E-state index in [9.17, 15) is 9.90 Å². The summed E-state index contributed by atoms with van der Waals surface area (Å²) >= 11 is 0. The minimum atomic E-state index is -0.0655. The molecule has 0 unspecified atom stereocenters. The lowest BCUT2D eigenvalue weighted by atomic mass is 10.1. The maximum Gasteiger partial charge on any atom is 0.193 e. The van der Waals surface area contributed by atoms with Gasteiger partial charge in [0.25, 0.3) is 0 Å². The van der Waals surface area contributed by atoms with Crippen molar-refractivity contribution in [3.8, 4) is 5.75 Å². The van der Waals surface area contributed by atoms with Gasteiger partial charge in [-0.15, -0.1) is 0 Å². The van der Waals surface area contributed by atoms with Gasteiger partial charge in [-0.1, -0.05) is 24.3 Å². The molecule has 3 rings (SSSR count). The molecule has 0 aliphatic carbocycles. The molecule has 3 aromatic rings. The minimum Gasteiger partial charge on any atom is -0.497 e. The number of aryl methyl sites for hydroxylation is 2. The van der Waals surface area contributed by atoms with Crippen LogP contribution in [0.4, 0.5) is 0 Å². The highest BCUT2D eigenvalue weighted by Gasteiger charge is 2.07. The zero-order valence-electron chi connectivity index (χ0n) is 12.9. The number of hydrogen-bond acceptors (Lipinski definition) is 4. The molecule has 0 radical (unpaired) electrons. The van der Waals surface area contributed by atoms with Crippen LogP contribution in [0, 0.1) is 0 Å². The molecule has 2 aromatic carbocycles. The summed E-state index contributed by atoms with van der Waals surface area (Å²) in [4.78, 5) is 12.2. The molecule has 23 heavy (non-hydrogen) atoms. The summed E-state index contributed by atoms with van der Waals surface area (Å²) in [7, 11) is 1.57. The number of methoxy groups -OCH3 is 1. The van der Waals surface area contributed by atoms with Gasteiger partial charge in [-0.05, 0) is 35.7 Å². The van der Waals surface area contributed by atoms with Gasteiger partial charge in [0.1, 0.15) is 17.1 Å². The van der Waals surface area contributed by atoms with Gasteiger partial charge in [0.15, 0.2) is 5.43 Å². The normalized spacial score (nSPS) is 10.9. The molecule has 1 heterocycles. The van der Waals surface area contributed by atoms with Crippen molar-refractivity contribution in [1.29, 1.82) is 0 Å². The smallest absolute Gasteiger partial charge is 0.193 e. The molecule has 0 spiro atoms. The molecule has 0 aliphatic heterocycles. The molecule has 0 amide bonds. The Labute approximate surface area is 134 Å². The maximum atomic E-state index is 12.2. The number of fused-ring (bicyclic) bond motifs is 1. The summed E-state index contributed by atoms with van der Waals surface area (Å²) in [6.07, 6.45) is 1.38. The van der Waals surface area contributed by atoms with Crippen LogP contribution in [-0.4, -0.2) is 12.2 Å². The van der Waals surface area contributed by atoms with Crippen molar-refractivity contribution in [2.24, 2.45) is 0 Å². The number of benzene rings is 2. The Morgan fingerprint density at radius 2 is 1.87 bits per heavy atom. The topological polar surface area (TPSA) is 59.7 Å². The number of hydrogen-bond donors (Lipinski definition) is 1. The fraction of sp³-hybridized carbons (Fsp3) is 0.211. The molecule has 4 nitrogen and oxygen atoms in total. The van der Waals surface area contributed by atoms with E-state index in [1.807, 2.05) is 24.3 Å². The van der Waals surface area contributed by atoms with Gasteiger partial charge in [-0.25, -0.2) is 0 Å². The van der Waals surface area contributed by atoms with E-state index in [0.717, 1.165) is 17.5 Å². The molecule has 0 bridgehead atoms. The molecular weight excluding hydrogens is 292 g/mol. The van der Waals surface area contributed by atoms with Crippen LogP contribution in [0.5, 0.6) is 5.75 Å². The first-order chi connectivity index (χ1) is 11.2. The molecule has 0 atom stereocenters. The van der Waals surface area contributed by atoms with Crippen LogP contribution in [0.1, 0.15) is 16.9 Å². The van der Waals surface area contributed by atoms with E-state index in [2.05, 4.69) is 0 Å². The average molecular weight is 310 g/mol. The summed E-state index contributed by atoms with van der Waals surface area (Å²) in [5.41, 5.74) is 2.49. The maximum absolute atomic E-state index is 12.2. The van der Waals surface area contributed by atoms with Crippen molar-refractivity contribution in [2.45, 2.75) is 19.4 Å². The molecule has 0 saturated carbocycles. The summed E-state index contributed by atoms with van der Waals surface area (Å²) in [6, 6.07) is 14.5. The van der Waals surface area contributed by atoms with E-state index in [1.165, 1.54) is 6.07 Å². The van der Waals surface area contributed by atoms with E-state index in [1.54, 1.807) is 25.3 Å². The summed E-state index contributed by atoms with van der Waals surface area (Å²) in [5.74, 6) is 1.29. The Kier molecular flexibility index (Phi) is 4.44. The van der Waals surface area contributed by atoms with Gasteiger partial charge in [-0.3, -0.25) is 4.79 Å². The van der Waals surface area contributed by atoms with Gasteiger partial charge in [0.05, 0.1) is 19.1 Å². The highest BCUT2D eigenvalue weighted by molar-refractivity contribution is 5.78. The first kappa shape index (κ1) is 15.3. The van der Waals surface area contributed by atoms with Gasteiger partial charge in [0.2, 0.25) is 0 Å². The zero-order valence-corrected chi connectivity index (χ0v) is 12.9. The summed E-state index contributed by atoms with van der Waals surface area (Å²) in [5, 5.41) is 9.70. The van der Waals surface area contributed by atoms with Gasteiger partial charge in [0, 0.05) is 12.5 Å². The second-order valence-corrected chi connectivity index (χ2v) is 5.42. The number of rotatable bonds is 5. The van der Waals surface area contributed by atoms with Crippen LogP contribution in [0.25, 0.3) is 11.0 Å². The standard InChI is InChI=1S/C19H18O4/c1-22-15-7-8-19-17(10-15)18(21)11-16(23-19)6-5-13-3-2-4-14(9-13)12-20/h2-4,7-11,20H,5-6,12H2,1H3. The largest absolute Gasteiger partial charge is 0.497 e. The Bertz CT molecular complexity index is 880. The Morgan fingerprint density at radius 1 is 1.04 bits per heavy atom. The lowest BCUT2D eigenvalue weighted by Gasteiger charge is -2.06. The lowest BCUT2D eigenvalue weighted by molar-refractivity contribution is 0.281. The molecule has 1 N–H and O–H groups in total. The van der Waals surface area contributed by atoms with E-state index < -0.39 is 0 Å². The van der Waals surface area contributed by atoms with Crippen molar-refractivity contribution in [1.82, 2.24) is 0 Å². The number of aliphatic hydroxyl groups excluding tert-OH is 1. The average Bonchev–Trinajstić information content (AvgIpc) is 2.60. The van der Waals surface area contributed by atoms with Crippen LogP contribution < -0.4 is 10.2 Å². The summed E-state index contributed by atoms with van der Waals surface area (Å²) in [6.45, 7) is 0.0285. The van der Waals surface area contributed by atoms with Gasteiger partial charge < -0.3 is 14.3 Å². The molecular formula is C19H18O4. The molecule has 118 valence electrons. The van der Waals surface area contributed by atoms with Gasteiger partial charge in [-0.2, -0.15) is 0 Å². The third-order valence-electron chi connectivity index (χ3n) is 3.82. The van der Waals surface area contributed by atoms with Crippen molar-refractivity contribution in [2.75, 3.05) is 7.11 Å². The van der Waals surface area contributed by atoms with Crippen molar-refractivity contribution >= 4 is 11.0 Å². The predicted molar refractivity (Wildman–Crippen MR) is 88.8 cm³/mol. The Hall–Kier alpha value is -2.59. The lowest BCUT2D eigenvalue weighted by Crippen LogP contribution is -2.03. The molecule has 0 saturated heterocycles. The van der Waals surface area contributed by atoms with Crippen molar-refractivity contribution in [3.05, 3.63) is 75.6 Å². The predicted octanol–water partition coefficient (Wildman–Crippen LogP) is 3.08. The van der Waals surface area contributed by atoms with Crippen LogP contribution in [0.3, 0.4) is 0 Å². The molecule has 0 aliphatic rings. The SMILES string of the molecule is COc1ccc2oc(CCc3cccc(CO)c3)cc(=O)c2c1. The molecule has 1 aromatic heterocycles. The third kappa shape index (κ3) is 3.43. The Morgan fingerprint density at radius 3 is 2.65 bits per heavy atom. The van der Waals surface area contributed by atoms with Crippen LogP contribution in [0.15, 0.2) is 57.7 Å². The second-order valence-electron chi connectivity index (χ2n) is 5.42. The molecule has 0 fully saturated rings. The second kappa shape index (κ2) is 6.67. The van der Waals surface area contributed by atoms with E-state index in [-0.39, 0.29) is 12.0 Å². The van der Waals surface area contributed by atoms with Gasteiger partial charge >= 0.3 is 0 Å².